The molecule has 1 atom stereocenters. The van der Waals surface area contributed by atoms with Crippen LogP contribution in [0.3, 0.4) is 0 Å². The van der Waals surface area contributed by atoms with Crippen LogP contribution in [0.4, 0.5) is 4.39 Å². The van der Waals surface area contributed by atoms with Crippen LogP contribution in [0.25, 0.3) is 10.2 Å². The Morgan fingerprint density at radius 3 is 2.74 bits per heavy atom. The number of thiophene rings is 1. The van der Waals surface area contributed by atoms with E-state index in [0.29, 0.717) is 29.8 Å². The first-order chi connectivity index (χ1) is 14.7. The van der Waals surface area contributed by atoms with Gasteiger partial charge in [-0.1, -0.05) is 30.8 Å². The topological polar surface area (TPSA) is 69.0 Å². The number of sulfone groups is 1. The van der Waals surface area contributed by atoms with E-state index in [1.165, 1.54) is 35.0 Å². The van der Waals surface area contributed by atoms with Crippen molar-refractivity contribution >= 4 is 43.2 Å². The number of rotatable bonds is 7. The molecule has 9 heteroatoms. The van der Waals surface area contributed by atoms with Gasteiger partial charge in [-0.15, -0.1) is 11.3 Å². The van der Waals surface area contributed by atoms with Gasteiger partial charge in [-0.05, 0) is 54.9 Å². The van der Waals surface area contributed by atoms with Crippen molar-refractivity contribution < 1.29 is 12.8 Å². The summed E-state index contributed by atoms with van der Waals surface area (Å²) in [6, 6.07) is 6.27. The molecule has 5 nitrogen and oxygen atoms in total. The van der Waals surface area contributed by atoms with Gasteiger partial charge in [-0.25, -0.2) is 17.8 Å². The Morgan fingerprint density at radius 1 is 1.29 bits per heavy atom. The van der Waals surface area contributed by atoms with E-state index in [4.69, 9.17) is 4.98 Å². The van der Waals surface area contributed by atoms with E-state index in [-0.39, 0.29) is 17.1 Å². The normalized spacial score (nSPS) is 16.5. The van der Waals surface area contributed by atoms with Crippen molar-refractivity contribution in [2.75, 3.05) is 17.8 Å². The Labute approximate surface area is 189 Å². The average molecular weight is 481 g/mol. The first-order valence-corrected chi connectivity index (χ1v) is 14.2. The van der Waals surface area contributed by atoms with E-state index in [1.54, 1.807) is 28.0 Å². The monoisotopic (exact) mass is 480 g/mol. The van der Waals surface area contributed by atoms with E-state index in [9.17, 15) is 17.6 Å². The fourth-order valence-corrected chi connectivity index (χ4v) is 7.53. The summed E-state index contributed by atoms with van der Waals surface area (Å²) in [5.41, 5.74) is 2.02. The summed E-state index contributed by atoms with van der Waals surface area (Å²) >= 11 is 2.90. The summed E-state index contributed by atoms with van der Waals surface area (Å²) in [6.45, 7) is 2.64. The van der Waals surface area contributed by atoms with Crippen LogP contribution in [-0.4, -0.2) is 35.7 Å². The molecular weight excluding hydrogens is 455 g/mol. The van der Waals surface area contributed by atoms with E-state index >= 15 is 0 Å². The highest BCUT2D eigenvalue weighted by atomic mass is 32.2. The number of nitrogens with zero attached hydrogens (tertiary/aromatic N) is 2. The summed E-state index contributed by atoms with van der Waals surface area (Å²) in [5, 5.41) is 1.27. The molecule has 31 heavy (non-hydrogen) atoms. The highest BCUT2D eigenvalue weighted by Gasteiger charge is 2.24. The first-order valence-electron chi connectivity index (χ1n) is 10.3. The Balaban J connectivity index is 1.72. The molecule has 3 aromatic rings. The van der Waals surface area contributed by atoms with Gasteiger partial charge in [-0.2, -0.15) is 0 Å². The maximum atomic E-state index is 13.5. The summed E-state index contributed by atoms with van der Waals surface area (Å²) in [4.78, 5) is 20.3. The van der Waals surface area contributed by atoms with Crippen LogP contribution < -0.4 is 5.56 Å². The zero-order valence-corrected chi connectivity index (χ0v) is 20.0. The maximum Gasteiger partial charge on any atom is 0.263 e. The van der Waals surface area contributed by atoms with Crippen molar-refractivity contribution in [3.8, 4) is 0 Å². The maximum absolute atomic E-state index is 13.5. The molecule has 2 aromatic heterocycles. The number of halogens is 1. The molecule has 1 aliphatic carbocycles. The smallest absolute Gasteiger partial charge is 0.263 e. The van der Waals surface area contributed by atoms with Crippen molar-refractivity contribution in [3.05, 3.63) is 56.4 Å². The fourth-order valence-electron chi connectivity index (χ4n) is 3.89. The van der Waals surface area contributed by atoms with Gasteiger partial charge in [0.15, 0.2) is 5.16 Å². The molecule has 1 aliphatic rings. The molecule has 0 radical (unpaired) electrons. The number of benzene rings is 1. The average Bonchev–Trinajstić information content (AvgIpc) is 3.05. The van der Waals surface area contributed by atoms with Crippen LogP contribution in [0.5, 0.6) is 0 Å². The predicted octanol–water partition coefficient (Wildman–Crippen LogP) is 4.10. The lowest BCUT2D eigenvalue weighted by Gasteiger charge is -2.17. The zero-order chi connectivity index (χ0) is 22.2. The second-order valence-electron chi connectivity index (χ2n) is 8.24. The van der Waals surface area contributed by atoms with Crippen molar-refractivity contribution in [2.45, 2.75) is 44.3 Å². The second kappa shape index (κ2) is 9.03. The molecule has 0 amide bonds. The van der Waals surface area contributed by atoms with Crippen LogP contribution in [0.15, 0.2) is 34.2 Å². The third kappa shape index (κ3) is 5.21. The minimum atomic E-state index is -3.10. The molecule has 0 fully saturated rings. The number of aromatic nitrogens is 2. The second-order valence-corrected chi connectivity index (χ2v) is 12.6. The van der Waals surface area contributed by atoms with E-state index < -0.39 is 9.84 Å². The van der Waals surface area contributed by atoms with E-state index in [0.717, 1.165) is 40.6 Å². The Morgan fingerprint density at radius 2 is 2.03 bits per heavy atom. The Hall–Kier alpha value is -1.71. The van der Waals surface area contributed by atoms with Crippen LogP contribution in [0.1, 0.15) is 29.3 Å². The molecule has 0 N–H and O–H groups in total. The minimum absolute atomic E-state index is 0.0298. The standard InChI is InChI=1S/C22H25FN2O3S3/c1-14-3-8-17-18(13-14)30-20-19(17)21(26)25(10-9-15-4-6-16(23)7-5-15)22(24-20)29-11-12-31(2,27)28/h4-7,14H,3,8-13H2,1-2H3. The lowest BCUT2D eigenvalue weighted by atomic mass is 9.89. The third-order valence-corrected chi connectivity index (χ3v) is 8.93. The summed E-state index contributed by atoms with van der Waals surface area (Å²) < 4.78 is 38.0. The number of hydrogen-bond donors (Lipinski definition) is 0. The lowest BCUT2D eigenvalue weighted by Crippen LogP contribution is -2.25. The van der Waals surface area contributed by atoms with E-state index in [2.05, 4.69) is 6.92 Å². The molecule has 0 spiro atoms. The number of thioether (sulfide) groups is 1. The van der Waals surface area contributed by atoms with Gasteiger partial charge in [0.2, 0.25) is 0 Å². The molecule has 0 saturated heterocycles. The molecule has 1 aromatic carbocycles. The van der Waals surface area contributed by atoms with Crippen molar-refractivity contribution in [3.63, 3.8) is 0 Å². The molecule has 166 valence electrons. The summed E-state index contributed by atoms with van der Waals surface area (Å²) in [5.74, 6) is 0.683. The van der Waals surface area contributed by atoms with Crippen molar-refractivity contribution in [1.82, 2.24) is 9.55 Å². The molecule has 0 aliphatic heterocycles. The predicted molar refractivity (Wildman–Crippen MR) is 126 cm³/mol. The van der Waals surface area contributed by atoms with Gasteiger partial charge < -0.3 is 0 Å². The lowest BCUT2D eigenvalue weighted by molar-refractivity contribution is 0.508. The van der Waals surface area contributed by atoms with Gasteiger partial charge >= 0.3 is 0 Å². The number of fused-ring (bicyclic) bond motifs is 3. The Kier molecular flexibility index (Phi) is 6.55. The molecule has 2 heterocycles. The SMILES string of the molecule is CC1CCc2c(sc3nc(SCCS(C)(=O)=O)n(CCc4ccc(F)cc4)c(=O)c23)C1. The van der Waals surface area contributed by atoms with Crippen molar-refractivity contribution in [1.29, 1.82) is 0 Å². The van der Waals surface area contributed by atoms with Crippen LogP contribution >= 0.6 is 23.1 Å². The van der Waals surface area contributed by atoms with E-state index in [1.807, 2.05) is 0 Å². The summed E-state index contributed by atoms with van der Waals surface area (Å²) in [7, 11) is -3.10. The van der Waals surface area contributed by atoms with Gasteiger partial charge in [-0.3, -0.25) is 9.36 Å². The largest absolute Gasteiger partial charge is 0.287 e. The molecular formula is C22H25FN2O3S3. The van der Waals surface area contributed by atoms with Crippen LogP contribution in [-0.2, 0) is 35.6 Å². The number of aryl methyl sites for hydroxylation is 2. The Bertz CT molecular complexity index is 1260. The number of hydrogen-bond acceptors (Lipinski definition) is 6. The van der Waals surface area contributed by atoms with Gasteiger partial charge in [0.1, 0.15) is 20.5 Å². The third-order valence-electron chi connectivity index (χ3n) is 5.60. The van der Waals surface area contributed by atoms with Gasteiger partial charge in [0, 0.05) is 23.4 Å². The highest BCUT2D eigenvalue weighted by molar-refractivity contribution is 8.00. The minimum Gasteiger partial charge on any atom is -0.287 e. The highest BCUT2D eigenvalue weighted by Crippen LogP contribution is 2.36. The fraction of sp³-hybridized carbons (Fsp3) is 0.455. The molecule has 0 bridgehead atoms. The molecule has 1 unspecified atom stereocenters. The molecule has 0 saturated carbocycles. The van der Waals surface area contributed by atoms with Gasteiger partial charge in [0.05, 0.1) is 11.1 Å². The first kappa shape index (κ1) is 22.5. The van der Waals surface area contributed by atoms with Crippen LogP contribution in [0, 0.1) is 11.7 Å². The van der Waals surface area contributed by atoms with Crippen molar-refractivity contribution in [2.24, 2.45) is 5.92 Å². The van der Waals surface area contributed by atoms with Crippen LogP contribution in [0.2, 0.25) is 0 Å². The van der Waals surface area contributed by atoms with Gasteiger partial charge in [0.25, 0.3) is 5.56 Å². The zero-order valence-electron chi connectivity index (χ0n) is 17.6. The quantitative estimate of drug-likeness (QED) is 0.376. The molecule has 4 rings (SSSR count). The summed E-state index contributed by atoms with van der Waals surface area (Å²) in [6.07, 6.45) is 4.71.